The van der Waals surface area contributed by atoms with Gasteiger partial charge in [0, 0.05) is 16.0 Å². The van der Waals surface area contributed by atoms with Crippen LogP contribution in [0, 0.1) is 0 Å². The minimum Gasteiger partial charge on any atom is -0.449 e. The van der Waals surface area contributed by atoms with E-state index in [1.165, 1.54) is 0 Å². The molecule has 0 aliphatic carbocycles. The number of ether oxygens (including phenoxy) is 2. The fourth-order valence-electron chi connectivity index (χ4n) is 3.28. The van der Waals surface area contributed by atoms with Gasteiger partial charge in [-0.1, -0.05) is 60.1 Å². The standard InChI is InChI=1S/C22H12BrClO2/c23-20-16-6-2-1-5-15(16)19(13-9-11-14(24)12-10-13)21-22(20)26-18-8-4-3-7-17(18)25-21/h1-12H. The lowest BCUT2D eigenvalue weighted by Gasteiger charge is -2.25. The summed E-state index contributed by atoms with van der Waals surface area (Å²) in [6, 6.07) is 23.7. The van der Waals surface area contributed by atoms with Gasteiger partial charge < -0.3 is 9.47 Å². The van der Waals surface area contributed by atoms with Crippen LogP contribution >= 0.6 is 27.5 Å². The molecule has 4 aromatic rings. The maximum Gasteiger partial charge on any atom is 0.185 e. The summed E-state index contributed by atoms with van der Waals surface area (Å²) in [7, 11) is 0. The Labute approximate surface area is 164 Å². The summed E-state index contributed by atoms with van der Waals surface area (Å²) >= 11 is 9.80. The second kappa shape index (κ2) is 6.04. The van der Waals surface area contributed by atoms with Crippen LogP contribution in [0.2, 0.25) is 5.02 Å². The number of rotatable bonds is 1. The van der Waals surface area contributed by atoms with Gasteiger partial charge in [0.05, 0.1) is 4.47 Å². The van der Waals surface area contributed by atoms with E-state index in [1.807, 2.05) is 60.7 Å². The van der Waals surface area contributed by atoms with Crippen molar-refractivity contribution in [1.82, 2.24) is 0 Å². The summed E-state index contributed by atoms with van der Waals surface area (Å²) in [5.41, 5.74) is 2.02. The Balaban J connectivity index is 1.86. The molecular weight excluding hydrogens is 412 g/mol. The van der Waals surface area contributed by atoms with E-state index in [9.17, 15) is 0 Å². The quantitative estimate of drug-likeness (QED) is 0.273. The molecule has 0 radical (unpaired) electrons. The Morgan fingerprint density at radius 3 is 1.92 bits per heavy atom. The van der Waals surface area contributed by atoms with Gasteiger partial charge >= 0.3 is 0 Å². The van der Waals surface area contributed by atoms with Gasteiger partial charge in [0.15, 0.2) is 23.0 Å². The molecule has 0 spiro atoms. The van der Waals surface area contributed by atoms with Crippen LogP contribution in [0.5, 0.6) is 23.0 Å². The molecule has 0 saturated heterocycles. The fraction of sp³-hybridized carbons (Fsp3) is 0. The SMILES string of the molecule is Clc1ccc(-c2c3c(c(Br)c4ccccc24)Oc2ccccc2O3)cc1. The van der Waals surface area contributed by atoms with Crippen LogP contribution in [0.4, 0.5) is 0 Å². The molecule has 126 valence electrons. The first-order valence-corrected chi connectivity index (χ1v) is 9.34. The van der Waals surface area contributed by atoms with Crippen molar-refractivity contribution in [3.8, 4) is 34.1 Å². The highest BCUT2D eigenvalue weighted by Crippen LogP contribution is 2.55. The van der Waals surface area contributed by atoms with Crippen LogP contribution in [0.25, 0.3) is 21.9 Å². The summed E-state index contributed by atoms with van der Waals surface area (Å²) in [6.45, 7) is 0. The number of hydrogen-bond donors (Lipinski definition) is 0. The first-order chi connectivity index (χ1) is 12.7. The molecule has 5 rings (SSSR count). The smallest absolute Gasteiger partial charge is 0.185 e. The monoisotopic (exact) mass is 422 g/mol. The molecule has 2 nitrogen and oxygen atoms in total. The largest absolute Gasteiger partial charge is 0.449 e. The zero-order chi connectivity index (χ0) is 17.7. The van der Waals surface area contributed by atoms with E-state index in [0.29, 0.717) is 28.0 Å². The van der Waals surface area contributed by atoms with Gasteiger partial charge in [-0.3, -0.25) is 0 Å². The number of para-hydroxylation sites is 2. The van der Waals surface area contributed by atoms with Gasteiger partial charge in [0.25, 0.3) is 0 Å². The predicted molar refractivity (Wildman–Crippen MR) is 109 cm³/mol. The Hall–Kier alpha value is -2.49. The van der Waals surface area contributed by atoms with Crippen LogP contribution in [0.1, 0.15) is 0 Å². The molecule has 1 heterocycles. The third-order valence-corrected chi connectivity index (χ3v) is 5.51. The van der Waals surface area contributed by atoms with Crippen LogP contribution in [0.15, 0.2) is 77.3 Å². The molecule has 4 aromatic carbocycles. The molecule has 4 heteroatoms. The topological polar surface area (TPSA) is 18.5 Å². The normalized spacial score (nSPS) is 12.1. The summed E-state index contributed by atoms with van der Waals surface area (Å²) in [5, 5.41) is 2.86. The first kappa shape index (κ1) is 15.7. The minimum atomic E-state index is 0.687. The van der Waals surface area contributed by atoms with E-state index >= 15 is 0 Å². The van der Waals surface area contributed by atoms with Gasteiger partial charge in [0.2, 0.25) is 0 Å². The lowest BCUT2D eigenvalue weighted by molar-refractivity contribution is 0.360. The number of benzene rings is 4. The lowest BCUT2D eigenvalue weighted by atomic mass is 9.96. The van der Waals surface area contributed by atoms with Crippen molar-refractivity contribution in [3.63, 3.8) is 0 Å². The second-order valence-electron chi connectivity index (χ2n) is 6.05. The number of fused-ring (bicyclic) bond motifs is 3. The van der Waals surface area contributed by atoms with Gasteiger partial charge in [0.1, 0.15) is 0 Å². The maximum atomic E-state index is 6.29. The van der Waals surface area contributed by atoms with Crippen LogP contribution in [-0.2, 0) is 0 Å². The first-order valence-electron chi connectivity index (χ1n) is 8.17. The van der Waals surface area contributed by atoms with Crippen molar-refractivity contribution in [2.24, 2.45) is 0 Å². The molecule has 0 unspecified atom stereocenters. The summed E-state index contributed by atoms with van der Waals surface area (Å²) in [4.78, 5) is 0. The third-order valence-electron chi connectivity index (χ3n) is 4.47. The summed E-state index contributed by atoms with van der Waals surface area (Å²) in [6.07, 6.45) is 0. The van der Waals surface area contributed by atoms with E-state index in [1.54, 1.807) is 0 Å². The Kier molecular flexibility index (Phi) is 3.66. The zero-order valence-electron chi connectivity index (χ0n) is 13.5. The van der Waals surface area contributed by atoms with Crippen molar-refractivity contribution in [2.75, 3.05) is 0 Å². The maximum absolute atomic E-state index is 6.29. The highest BCUT2D eigenvalue weighted by molar-refractivity contribution is 9.10. The minimum absolute atomic E-state index is 0.687. The molecule has 26 heavy (non-hydrogen) atoms. The van der Waals surface area contributed by atoms with Crippen LogP contribution < -0.4 is 9.47 Å². The molecule has 0 N–H and O–H groups in total. The van der Waals surface area contributed by atoms with Crippen LogP contribution in [0.3, 0.4) is 0 Å². The number of hydrogen-bond acceptors (Lipinski definition) is 2. The Morgan fingerprint density at radius 2 is 1.23 bits per heavy atom. The van der Waals surface area contributed by atoms with Crippen molar-refractivity contribution in [2.45, 2.75) is 0 Å². The van der Waals surface area contributed by atoms with Crippen molar-refractivity contribution in [3.05, 3.63) is 82.3 Å². The average molecular weight is 424 g/mol. The molecule has 0 saturated carbocycles. The fourth-order valence-corrected chi connectivity index (χ4v) is 4.01. The molecule has 0 atom stereocenters. The predicted octanol–water partition coefficient (Wildman–Crippen LogP) is 7.82. The van der Waals surface area contributed by atoms with Gasteiger partial charge in [-0.05, 0) is 51.1 Å². The van der Waals surface area contributed by atoms with Gasteiger partial charge in [-0.2, -0.15) is 0 Å². The van der Waals surface area contributed by atoms with Crippen LogP contribution in [-0.4, -0.2) is 0 Å². The summed E-state index contributed by atoms with van der Waals surface area (Å²) in [5.74, 6) is 2.80. The second-order valence-corrected chi connectivity index (χ2v) is 7.28. The molecule has 0 aromatic heterocycles. The van der Waals surface area contributed by atoms with E-state index < -0.39 is 0 Å². The molecular formula is C22H12BrClO2. The van der Waals surface area contributed by atoms with E-state index in [-0.39, 0.29) is 0 Å². The van der Waals surface area contributed by atoms with Crippen molar-refractivity contribution in [1.29, 1.82) is 0 Å². The highest BCUT2D eigenvalue weighted by atomic mass is 79.9. The molecule has 0 amide bonds. The van der Waals surface area contributed by atoms with Gasteiger partial charge in [-0.15, -0.1) is 0 Å². The molecule has 0 bridgehead atoms. The van der Waals surface area contributed by atoms with E-state index in [0.717, 1.165) is 26.4 Å². The van der Waals surface area contributed by atoms with E-state index in [4.69, 9.17) is 21.1 Å². The Morgan fingerprint density at radius 1 is 0.654 bits per heavy atom. The average Bonchev–Trinajstić information content (AvgIpc) is 2.68. The van der Waals surface area contributed by atoms with Crippen molar-refractivity contribution >= 4 is 38.3 Å². The zero-order valence-corrected chi connectivity index (χ0v) is 15.8. The lowest BCUT2D eigenvalue weighted by Crippen LogP contribution is -2.02. The molecule has 1 aliphatic rings. The number of halogens is 2. The third kappa shape index (κ3) is 2.39. The Bertz CT molecular complexity index is 1150. The molecule has 1 aliphatic heterocycles. The summed E-state index contributed by atoms with van der Waals surface area (Å²) < 4.78 is 13.4. The van der Waals surface area contributed by atoms with Crippen molar-refractivity contribution < 1.29 is 9.47 Å². The highest BCUT2D eigenvalue weighted by Gasteiger charge is 2.27. The molecule has 0 fully saturated rings. The van der Waals surface area contributed by atoms with E-state index in [2.05, 4.69) is 28.1 Å². The van der Waals surface area contributed by atoms with Gasteiger partial charge in [-0.25, -0.2) is 0 Å².